The zero-order valence-corrected chi connectivity index (χ0v) is 19.8. The Balaban J connectivity index is 1.55. The van der Waals surface area contributed by atoms with Gasteiger partial charge >= 0.3 is 0 Å². The van der Waals surface area contributed by atoms with Gasteiger partial charge in [-0.15, -0.1) is 10.2 Å². The van der Waals surface area contributed by atoms with Gasteiger partial charge in [-0.2, -0.15) is 0 Å². The Labute approximate surface area is 198 Å². The monoisotopic (exact) mass is 463 g/mol. The number of hydrogen-bond donors (Lipinski definition) is 0. The summed E-state index contributed by atoms with van der Waals surface area (Å²) >= 11 is 6.24. The number of halogens is 1. The van der Waals surface area contributed by atoms with Crippen molar-refractivity contribution in [1.82, 2.24) is 15.1 Å². The van der Waals surface area contributed by atoms with Gasteiger partial charge in [-0.05, 0) is 61.4 Å². The number of carbonyl (C=O) groups is 1. The zero-order chi connectivity index (χ0) is 23.5. The molecule has 0 bridgehead atoms. The molecule has 6 nitrogen and oxygen atoms in total. The normalized spacial score (nSPS) is 12.2. The molecular formula is C26H26ClN3O3. The van der Waals surface area contributed by atoms with Crippen LogP contribution in [0.3, 0.4) is 0 Å². The molecule has 0 fully saturated rings. The van der Waals surface area contributed by atoms with Crippen molar-refractivity contribution in [3.05, 3.63) is 77.1 Å². The third-order valence-corrected chi connectivity index (χ3v) is 6.05. The Kier molecular flexibility index (Phi) is 6.65. The average Bonchev–Trinajstić information content (AvgIpc) is 3.29. The molecule has 0 N–H and O–H groups in total. The first-order valence-corrected chi connectivity index (χ1v) is 11.2. The Hall–Kier alpha value is -3.38. The topological polar surface area (TPSA) is 68.5 Å². The molecule has 1 amide bonds. The van der Waals surface area contributed by atoms with Crippen LogP contribution in [0.1, 0.15) is 38.1 Å². The lowest BCUT2D eigenvalue weighted by Gasteiger charge is -2.28. The molecule has 0 radical (unpaired) electrons. The molecule has 0 saturated heterocycles. The smallest absolute Gasteiger partial charge is 0.249 e. The molecule has 0 saturated carbocycles. The highest BCUT2D eigenvalue weighted by Crippen LogP contribution is 2.29. The molecule has 0 aliphatic carbocycles. The molecule has 4 rings (SSSR count). The van der Waals surface area contributed by atoms with Crippen LogP contribution < -0.4 is 4.74 Å². The Bertz CT molecular complexity index is 1280. The first-order valence-electron chi connectivity index (χ1n) is 10.8. The summed E-state index contributed by atoms with van der Waals surface area (Å²) in [5.41, 5.74) is 1.62. The number of nitrogens with zero attached hydrogens (tertiary/aromatic N) is 3. The average molecular weight is 464 g/mol. The van der Waals surface area contributed by atoms with E-state index in [4.69, 9.17) is 20.8 Å². The molecule has 1 aromatic heterocycles. The highest BCUT2D eigenvalue weighted by atomic mass is 35.5. The predicted molar refractivity (Wildman–Crippen MR) is 129 cm³/mol. The first-order chi connectivity index (χ1) is 15.9. The van der Waals surface area contributed by atoms with Crippen LogP contribution in [0.5, 0.6) is 5.75 Å². The molecule has 0 aliphatic rings. The van der Waals surface area contributed by atoms with Gasteiger partial charge in [0.1, 0.15) is 5.75 Å². The molecule has 1 atom stereocenters. The maximum Gasteiger partial charge on any atom is 0.249 e. The predicted octanol–water partition coefficient (Wildman–Crippen LogP) is 6.09. The van der Waals surface area contributed by atoms with Gasteiger partial charge in [0.15, 0.2) is 0 Å². The number of aromatic nitrogens is 2. The van der Waals surface area contributed by atoms with Gasteiger partial charge in [-0.1, -0.05) is 48.0 Å². The molecule has 170 valence electrons. The molecule has 3 aromatic carbocycles. The van der Waals surface area contributed by atoms with Crippen LogP contribution in [0.4, 0.5) is 0 Å². The number of ether oxygens (including phenoxy) is 1. The number of rotatable bonds is 7. The minimum absolute atomic E-state index is 0.00430. The minimum atomic E-state index is -0.329. The van der Waals surface area contributed by atoms with Gasteiger partial charge in [0.05, 0.1) is 30.2 Å². The standard InChI is InChI=1S/C26H26ClN3O3/c1-16(2)30(15-24-28-29-25(33-24)22-7-5-6-8-23(22)27)26(31)17(3)18-9-10-20-14-21(32-4)12-11-19(20)13-18/h5-14,16-17H,15H2,1-4H3/t17-/m0/s1. The Morgan fingerprint density at radius 2 is 1.76 bits per heavy atom. The quantitative estimate of drug-likeness (QED) is 0.331. The lowest BCUT2D eigenvalue weighted by atomic mass is 9.96. The fourth-order valence-electron chi connectivity index (χ4n) is 3.75. The van der Waals surface area contributed by atoms with E-state index in [-0.39, 0.29) is 24.4 Å². The maximum atomic E-state index is 13.5. The SMILES string of the molecule is COc1ccc2cc([C@H](C)C(=O)N(Cc3nnc(-c4ccccc4Cl)o3)C(C)C)ccc2c1. The van der Waals surface area contributed by atoms with Gasteiger partial charge in [0.2, 0.25) is 17.7 Å². The van der Waals surface area contributed by atoms with Crippen LogP contribution in [-0.4, -0.2) is 34.2 Å². The van der Waals surface area contributed by atoms with E-state index in [2.05, 4.69) is 16.3 Å². The second kappa shape index (κ2) is 9.63. The fraction of sp³-hybridized carbons (Fsp3) is 0.269. The number of amides is 1. The first kappa shape index (κ1) is 22.8. The van der Waals surface area contributed by atoms with Crippen LogP contribution in [0, 0.1) is 0 Å². The molecule has 0 spiro atoms. The minimum Gasteiger partial charge on any atom is -0.497 e. The van der Waals surface area contributed by atoms with Crippen molar-refractivity contribution in [3.63, 3.8) is 0 Å². The summed E-state index contributed by atoms with van der Waals surface area (Å²) in [7, 11) is 1.65. The van der Waals surface area contributed by atoms with Gasteiger partial charge in [0.25, 0.3) is 0 Å². The van der Waals surface area contributed by atoms with Crippen LogP contribution in [0.15, 0.2) is 65.1 Å². The van der Waals surface area contributed by atoms with E-state index < -0.39 is 0 Å². The molecule has 1 heterocycles. The number of benzene rings is 3. The number of carbonyl (C=O) groups excluding carboxylic acids is 1. The maximum absolute atomic E-state index is 13.5. The third-order valence-electron chi connectivity index (χ3n) is 5.73. The van der Waals surface area contributed by atoms with E-state index in [1.807, 2.05) is 69.3 Å². The molecule has 33 heavy (non-hydrogen) atoms. The molecule has 4 aromatic rings. The van der Waals surface area contributed by atoms with E-state index in [0.717, 1.165) is 22.1 Å². The van der Waals surface area contributed by atoms with Gasteiger partial charge in [0, 0.05) is 6.04 Å². The fourth-order valence-corrected chi connectivity index (χ4v) is 3.97. The summed E-state index contributed by atoms with van der Waals surface area (Å²) in [5.74, 6) is 1.18. The van der Waals surface area contributed by atoms with Crippen molar-refractivity contribution in [1.29, 1.82) is 0 Å². The molecular weight excluding hydrogens is 438 g/mol. The second-order valence-corrected chi connectivity index (χ2v) is 8.64. The largest absolute Gasteiger partial charge is 0.497 e. The lowest BCUT2D eigenvalue weighted by Crippen LogP contribution is -2.39. The Morgan fingerprint density at radius 1 is 1.03 bits per heavy atom. The second-order valence-electron chi connectivity index (χ2n) is 8.23. The molecule has 0 unspecified atom stereocenters. The van der Waals surface area contributed by atoms with E-state index >= 15 is 0 Å². The van der Waals surface area contributed by atoms with Gasteiger partial charge < -0.3 is 14.1 Å². The van der Waals surface area contributed by atoms with Crippen molar-refractivity contribution in [2.24, 2.45) is 0 Å². The van der Waals surface area contributed by atoms with Crippen LogP contribution in [0.25, 0.3) is 22.2 Å². The van der Waals surface area contributed by atoms with Crippen LogP contribution >= 0.6 is 11.6 Å². The number of methoxy groups -OCH3 is 1. The van der Waals surface area contributed by atoms with Crippen molar-refractivity contribution >= 4 is 28.3 Å². The van der Waals surface area contributed by atoms with E-state index in [9.17, 15) is 4.79 Å². The van der Waals surface area contributed by atoms with Crippen molar-refractivity contribution in [2.45, 2.75) is 39.3 Å². The van der Waals surface area contributed by atoms with E-state index in [1.54, 1.807) is 18.1 Å². The van der Waals surface area contributed by atoms with Gasteiger partial charge in [-0.25, -0.2) is 0 Å². The summed E-state index contributed by atoms with van der Waals surface area (Å²) in [4.78, 5) is 15.2. The lowest BCUT2D eigenvalue weighted by molar-refractivity contribution is -0.135. The highest BCUT2D eigenvalue weighted by Gasteiger charge is 2.26. The summed E-state index contributed by atoms with van der Waals surface area (Å²) in [6, 6.07) is 19.2. The number of fused-ring (bicyclic) bond motifs is 1. The summed E-state index contributed by atoms with van der Waals surface area (Å²) in [5, 5.41) is 10.9. The Morgan fingerprint density at radius 3 is 2.48 bits per heavy atom. The van der Waals surface area contributed by atoms with Crippen molar-refractivity contribution < 1.29 is 13.9 Å². The zero-order valence-electron chi connectivity index (χ0n) is 19.1. The number of hydrogen-bond acceptors (Lipinski definition) is 5. The third kappa shape index (κ3) is 4.86. The van der Waals surface area contributed by atoms with E-state index in [0.29, 0.717) is 22.4 Å². The van der Waals surface area contributed by atoms with Crippen molar-refractivity contribution in [2.75, 3.05) is 7.11 Å². The van der Waals surface area contributed by atoms with Crippen molar-refractivity contribution in [3.8, 4) is 17.2 Å². The molecule has 0 aliphatic heterocycles. The van der Waals surface area contributed by atoms with Crippen LogP contribution in [0.2, 0.25) is 5.02 Å². The highest BCUT2D eigenvalue weighted by molar-refractivity contribution is 6.33. The van der Waals surface area contributed by atoms with Crippen LogP contribution in [-0.2, 0) is 11.3 Å². The summed E-state index contributed by atoms with van der Waals surface area (Å²) < 4.78 is 11.1. The van der Waals surface area contributed by atoms with E-state index in [1.165, 1.54) is 0 Å². The summed E-state index contributed by atoms with van der Waals surface area (Å²) in [6.45, 7) is 6.10. The summed E-state index contributed by atoms with van der Waals surface area (Å²) in [6.07, 6.45) is 0. The van der Waals surface area contributed by atoms with Gasteiger partial charge in [-0.3, -0.25) is 4.79 Å². The molecule has 7 heteroatoms.